The van der Waals surface area contributed by atoms with E-state index in [9.17, 15) is 19.7 Å². The van der Waals surface area contributed by atoms with Crippen LogP contribution in [0.5, 0.6) is 0 Å². The van der Waals surface area contributed by atoms with Gasteiger partial charge in [0.2, 0.25) is 10.6 Å². The fraction of sp³-hybridized carbons (Fsp3) is 0.857. The molecule has 0 heterocycles. The molecule has 1 aliphatic rings. The van der Waals surface area contributed by atoms with Gasteiger partial charge < -0.3 is 5.11 Å². The predicted molar refractivity (Wildman–Crippen MR) is 81.2 cm³/mol. The van der Waals surface area contributed by atoms with E-state index in [1.165, 1.54) is 13.3 Å². The van der Waals surface area contributed by atoms with Crippen LogP contribution in [0.15, 0.2) is 0 Å². The van der Waals surface area contributed by atoms with Crippen LogP contribution < -0.4 is 0 Å². The molecule has 1 unspecified atom stereocenters. The highest BCUT2D eigenvalue weighted by Gasteiger charge is 2.63. The van der Waals surface area contributed by atoms with E-state index in [-0.39, 0.29) is 11.9 Å². The third-order valence-electron chi connectivity index (χ3n) is 4.47. The molecule has 0 aromatic rings. The molecule has 1 aliphatic carbocycles. The second-order valence-corrected chi connectivity index (χ2v) is 8.81. The van der Waals surface area contributed by atoms with E-state index in [4.69, 9.17) is 5.41 Å². The van der Waals surface area contributed by atoms with Gasteiger partial charge in [0.05, 0.1) is 0 Å². The zero-order valence-electron chi connectivity index (χ0n) is 12.4. The molecule has 0 amide bonds. The predicted octanol–water partition coefficient (Wildman–Crippen LogP) is 3.41. The minimum absolute atomic E-state index is 0.150. The zero-order chi connectivity index (χ0) is 15.4. The number of rotatable bonds is 7. The first-order chi connectivity index (χ1) is 9.25. The summed E-state index contributed by atoms with van der Waals surface area (Å²) in [6.45, 7) is 3.17. The maximum atomic E-state index is 11.5. The van der Waals surface area contributed by atoms with Gasteiger partial charge in [0.25, 0.3) is 0 Å². The van der Waals surface area contributed by atoms with Crippen molar-refractivity contribution >= 4 is 19.1 Å². The molecule has 5 nitrogen and oxygen atoms in total. The molecule has 20 heavy (non-hydrogen) atoms. The van der Waals surface area contributed by atoms with Gasteiger partial charge >= 0.3 is 13.7 Å². The number of hydrogen-bond acceptors (Lipinski definition) is 4. The lowest BCUT2D eigenvalue weighted by Gasteiger charge is -2.30. The van der Waals surface area contributed by atoms with Gasteiger partial charge in [0, 0.05) is 12.8 Å². The van der Waals surface area contributed by atoms with Gasteiger partial charge in [-0.2, -0.15) is 0 Å². The highest BCUT2D eigenvalue weighted by Crippen LogP contribution is 2.65. The Hall–Kier alpha value is -0.510. The molecule has 1 saturated carbocycles. The van der Waals surface area contributed by atoms with Crippen molar-refractivity contribution < 1.29 is 19.7 Å². The maximum Gasteiger partial charge on any atom is 0.353 e. The van der Waals surface area contributed by atoms with E-state index in [1.54, 1.807) is 0 Å². The van der Waals surface area contributed by atoms with Crippen LogP contribution in [-0.4, -0.2) is 31.5 Å². The SMILES string of the molecule is CCCC(C)(C(=O)O)[P+](O)(O)C(=N)CC1CCCCC1. The van der Waals surface area contributed by atoms with Crippen LogP contribution in [0.4, 0.5) is 0 Å². The monoisotopic (exact) mass is 304 g/mol. The van der Waals surface area contributed by atoms with E-state index in [0.29, 0.717) is 18.8 Å². The van der Waals surface area contributed by atoms with E-state index >= 15 is 0 Å². The lowest BCUT2D eigenvalue weighted by atomic mass is 9.87. The van der Waals surface area contributed by atoms with Gasteiger partial charge in [-0.05, 0) is 25.7 Å². The summed E-state index contributed by atoms with van der Waals surface area (Å²) in [5.74, 6) is -0.916. The molecule has 116 valence electrons. The molecule has 0 bridgehead atoms. The molecule has 0 aromatic heterocycles. The van der Waals surface area contributed by atoms with Crippen LogP contribution in [0.3, 0.4) is 0 Å². The van der Waals surface area contributed by atoms with Crippen LogP contribution in [0.1, 0.15) is 65.2 Å². The van der Waals surface area contributed by atoms with Crippen LogP contribution in [0.2, 0.25) is 0 Å². The Kier molecular flexibility index (Phi) is 6.11. The van der Waals surface area contributed by atoms with E-state index in [0.717, 1.165) is 25.7 Å². The van der Waals surface area contributed by atoms with Crippen molar-refractivity contribution in [2.45, 2.75) is 70.4 Å². The van der Waals surface area contributed by atoms with Gasteiger partial charge in [-0.3, -0.25) is 5.41 Å². The zero-order valence-corrected chi connectivity index (χ0v) is 13.3. The van der Waals surface area contributed by atoms with E-state index in [1.807, 2.05) is 6.92 Å². The molecular weight excluding hydrogens is 277 g/mol. The third kappa shape index (κ3) is 3.57. The van der Waals surface area contributed by atoms with Crippen LogP contribution in [-0.2, 0) is 4.79 Å². The van der Waals surface area contributed by atoms with E-state index < -0.39 is 18.8 Å². The van der Waals surface area contributed by atoms with Crippen molar-refractivity contribution in [2.24, 2.45) is 5.92 Å². The lowest BCUT2D eigenvalue weighted by Crippen LogP contribution is -2.40. The first-order valence-corrected chi connectivity index (χ1v) is 9.11. The van der Waals surface area contributed by atoms with Gasteiger partial charge in [-0.1, -0.05) is 32.6 Å². The summed E-state index contributed by atoms with van der Waals surface area (Å²) in [5, 5.41) is 15.8. The minimum atomic E-state index is -3.91. The molecule has 6 heteroatoms. The molecule has 0 spiro atoms. The van der Waals surface area contributed by atoms with Crippen molar-refractivity contribution in [3.05, 3.63) is 0 Å². The second kappa shape index (κ2) is 6.97. The van der Waals surface area contributed by atoms with Crippen molar-refractivity contribution in [1.82, 2.24) is 0 Å². The van der Waals surface area contributed by atoms with Crippen molar-refractivity contribution in [3.8, 4) is 0 Å². The van der Waals surface area contributed by atoms with Crippen molar-refractivity contribution in [1.29, 1.82) is 5.41 Å². The minimum Gasteiger partial charge on any atom is -0.478 e. The molecular formula is C14H27NO4P+. The Labute approximate surface area is 121 Å². The van der Waals surface area contributed by atoms with Gasteiger partial charge in [-0.15, -0.1) is 0 Å². The molecule has 0 aromatic carbocycles. The van der Waals surface area contributed by atoms with Gasteiger partial charge in [0.1, 0.15) is 0 Å². The molecule has 1 atom stereocenters. The normalized spacial score (nSPS) is 20.4. The number of hydrogen-bond donors (Lipinski definition) is 4. The third-order valence-corrected chi connectivity index (χ3v) is 7.20. The summed E-state index contributed by atoms with van der Waals surface area (Å²) in [5.41, 5.74) is -0.150. The molecule has 1 rings (SSSR count). The smallest absolute Gasteiger partial charge is 0.353 e. The fourth-order valence-corrected chi connectivity index (χ4v) is 4.88. The maximum absolute atomic E-state index is 11.5. The Bertz CT molecular complexity index is 366. The highest BCUT2D eigenvalue weighted by molar-refractivity contribution is 7.83. The Morgan fingerprint density at radius 1 is 1.30 bits per heavy atom. The van der Waals surface area contributed by atoms with E-state index in [2.05, 4.69) is 0 Å². The standard InChI is InChI=1S/C14H26NO4P/c1-3-9-14(2,13(16)17)20(18,19)12(15)10-11-7-5-4-6-8-11/h11,15,18-19H,3-10H2,1-2H3/p+1. The Morgan fingerprint density at radius 2 is 1.85 bits per heavy atom. The number of nitrogens with one attached hydrogen (secondary N) is 1. The molecule has 0 aliphatic heterocycles. The Balaban J connectivity index is 2.83. The first kappa shape index (κ1) is 17.5. The van der Waals surface area contributed by atoms with Gasteiger partial charge in [0.15, 0.2) is 0 Å². The highest BCUT2D eigenvalue weighted by atomic mass is 31.2. The molecule has 1 fully saturated rings. The summed E-state index contributed by atoms with van der Waals surface area (Å²) in [6, 6.07) is 0. The average molecular weight is 304 g/mol. The summed E-state index contributed by atoms with van der Waals surface area (Å²) >= 11 is 0. The first-order valence-electron chi connectivity index (χ1n) is 7.41. The summed E-state index contributed by atoms with van der Waals surface area (Å²) in [6.07, 6.45) is 6.48. The largest absolute Gasteiger partial charge is 0.478 e. The van der Waals surface area contributed by atoms with Crippen molar-refractivity contribution in [3.63, 3.8) is 0 Å². The fourth-order valence-electron chi connectivity index (χ4n) is 2.97. The van der Waals surface area contributed by atoms with Crippen LogP contribution in [0.25, 0.3) is 0 Å². The number of carboxylic acid groups (broad SMARTS) is 1. The number of carboxylic acids is 1. The Morgan fingerprint density at radius 3 is 2.30 bits per heavy atom. The lowest BCUT2D eigenvalue weighted by molar-refractivity contribution is -0.140. The second-order valence-electron chi connectivity index (χ2n) is 6.09. The van der Waals surface area contributed by atoms with Crippen LogP contribution >= 0.6 is 7.72 Å². The molecule has 0 radical (unpaired) electrons. The summed E-state index contributed by atoms with van der Waals surface area (Å²) < 4.78 is 0. The van der Waals surface area contributed by atoms with Gasteiger partial charge in [-0.25, -0.2) is 14.6 Å². The van der Waals surface area contributed by atoms with Crippen LogP contribution in [0, 0.1) is 11.3 Å². The summed E-state index contributed by atoms with van der Waals surface area (Å²) in [4.78, 5) is 32.3. The quantitative estimate of drug-likeness (QED) is 0.427. The summed E-state index contributed by atoms with van der Waals surface area (Å²) in [7, 11) is -3.91. The average Bonchev–Trinajstić information content (AvgIpc) is 2.39. The molecule has 0 saturated heterocycles. The topological polar surface area (TPSA) is 102 Å². The number of carbonyl (C=O) groups is 1. The van der Waals surface area contributed by atoms with Crippen molar-refractivity contribution in [2.75, 3.05) is 0 Å². The molecule has 4 N–H and O–H groups in total. The number of aliphatic carboxylic acids is 1.